The fraction of sp³-hybridized carbons (Fsp3) is 0.357. The lowest BCUT2D eigenvalue weighted by Crippen LogP contribution is -2.14. The van der Waals surface area contributed by atoms with Crippen LogP contribution in [0.3, 0.4) is 0 Å². The lowest BCUT2D eigenvalue weighted by atomic mass is 10.2. The predicted molar refractivity (Wildman–Crippen MR) is 81.1 cm³/mol. The van der Waals surface area contributed by atoms with Crippen LogP contribution in [0.15, 0.2) is 29.4 Å². The van der Waals surface area contributed by atoms with Gasteiger partial charge in [-0.3, -0.25) is 4.72 Å². The summed E-state index contributed by atoms with van der Waals surface area (Å²) in [5, 5.41) is 0.0626. The van der Waals surface area contributed by atoms with Crippen molar-refractivity contribution in [3.63, 3.8) is 0 Å². The van der Waals surface area contributed by atoms with Gasteiger partial charge in [-0.2, -0.15) is 8.42 Å². The quantitative estimate of drug-likeness (QED) is 0.858. The van der Waals surface area contributed by atoms with Crippen LogP contribution in [0.1, 0.15) is 25.2 Å². The molecule has 0 saturated carbocycles. The van der Waals surface area contributed by atoms with Crippen LogP contribution in [0.25, 0.3) is 0 Å². The molecule has 0 amide bonds. The molecule has 7 heteroatoms. The first-order chi connectivity index (χ1) is 9.96. The maximum absolute atomic E-state index is 12.3. The smallest absolute Gasteiger partial charge is 0.278 e. The van der Waals surface area contributed by atoms with Crippen molar-refractivity contribution in [3.05, 3.63) is 35.8 Å². The highest BCUT2D eigenvalue weighted by molar-refractivity contribution is 7.92. The molecule has 0 unspecified atom stereocenters. The van der Waals surface area contributed by atoms with E-state index in [2.05, 4.69) is 14.7 Å². The van der Waals surface area contributed by atoms with Gasteiger partial charge in [-0.05, 0) is 37.6 Å². The van der Waals surface area contributed by atoms with Gasteiger partial charge in [-0.15, -0.1) is 0 Å². The fourth-order valence-electron chi connectivity index (χ4n) is 1.87. The van der Waals surface area contributed by atoms with Gasteiger partial charge < -0.3 is 9.72 Å². The second kappa shape index (κ2) is 6.17. The van der Waals surface area contributed by atoms with Crippen molar-refractivity contribution in [2.75, 3.05) is 11.3 Å². The fourth-order valence-corrected chi connectivity index (χ4v) is 2.94. The number of hydrogen-bond acceptors (Lipinski definition) is 4. The normalized spacial score (nSPS) is 11.4. The summed E-state index contributed by atoms with van der Waals surface area (Å²) in [4.78, 5) is 6.80. The molecule has 0 aliphatic rings. The molecule has 21 heavy (non-hydrogen) atoms. The van der Waals surface area contributed by atoms with E-state index in [1.54, 1.807) is 18.2 Å². The van der Waals surface area contributed by atoms with Gasteiger partial charge in [-0.1, -0.05) is 6.92 Å². The van der Waals surface area contributed by atoms with E-state index in [-0.39, 0.29) is 5.03 Å². The number of rotatable bonds is 6. The third-order valence-corrected chi connectivity index (χ3v) is 4.26. The first-order valence-electron chi connectivity index (χ1n) is 6.76. The topological polar surface area (TPSA) is 84.1 Å². The highest BCUT2D eigenvalue weighted by Crippen LogP contribution is 2.23. The molecule has 2 rings (SSSR count). The molecule has 114 valence electrons. The van der Waals surface area contributed by atoms with Gasteiger partial charge in [0.25, 0.3) is 10.0 Å². The van der Waals surface area contributed by atoms with E-state index in [1.165, 1.54) is 6.20 Å². The molecule has 0 aliphatic carbocycles. The summed E-state index contributed by atoms with van der Waals surface area (Å²) in [6, 6.07) is 5.22. The van der Waals surface area contributed by atoms with Crippen LogP contribution in [-0.4, -0.2) is 25.0 Å². The monoisotopic (exact) mass is 309 g/mol. The van der Waals surface area contributed by atoms with E-state index >= 15 is 0 Å². The van der Waals surface area contributed by atoms with Crippen molar-refractivity contribution < 1.29 is 13.2 Å². The summed E-state index contributed by atoms with van der Waals surface area (Å²) in [6.45, 7) is 6.19. The Bertz CT molecular complexity index is 723. The Morgan fingerprint density at radius 3 is 2.67 bits per heavy atom. The summed E-state index contributed by atoms with van der Waals surface area (Å²) in [7, 11) is -3.66. The number of H-pyrrole nitrogens is 1. The minimum absolute atomic E-state index is 0.0626. The molecule has 0 spiro atoms. The maximum Gasteiger partial charge on any atom is 0.278 e. The number of nitrogens with one attached hydrogen (secondary N) is 2. The Hall–Kier alpha value is -2.02. The molecule has 0 fully saturated rings. The lowest BCUT2D eigenvalue weighted by Gasteiger charge is -2.11. The maximum atomic E-state index is 12.3. The lowest BCUT2D eigenvalue weighted by molar-refractivity contribution is 0.340. The van der Waals surface area contributed by atoms with Gasteiger partial charge in [0.2, 0.25) is 0 Å². The van der Waals surface area contributed by atoms with Gasteiger partial charge >= 0.3 is 0 Å². The molecule has 0 saturated heterocycles. The SMILES string of the molecule is CCOc1ccc(NS(=O)(=O)c2cnc(CC)[nH]2)c(C)c1. The van der Waals surface area contributed by atoms with Gasteiger partial charge in [0.15, 0.2) is 5.03 Å². The van der Waals surface area contributed by atoms with Gasteiger partial charge in [-0.25, -0.2) is 4.98 Å². The molecular formula is C14H19N3O3S. The van der Waals surface area contributed by atoms with Crippen LogP contribution in [0, 0.1) is 6.92 Å². The zero-order chi connectivity index (χ0) is 15.5. The van der Waals surface area contributed by atoms with Gasteiger partial charge in [0.05, 0.1) is 18.5 Å². The Morgan fingerprint density at radius 1 is 1.33 bits per heavy atom. The van der Waals surface area contributed by atoms with Gasteiger partial charge in [0.1, 0.15) is 11.6 Å². The van der Waals surface area contributed by atoms with Gasteiger partial charge in [0, 0.05) is 6.42 Å². The minimum atomic E-state index is -3.66. The van der Waals surface area contributed by atoms with E-state index in [4.69, 9.17) is 4.74 Å². The second-order valence-electron chi connectivity index (χ2n) is 4.56. The number of ether oxygens (including phenoxy) is 1. The van der Waals surface area contributed by atoms with E-state index in [1.807, 2.05) is 20.8 Å². The Labute approximate surface area is 124 Å². The molecule has 2 aromatic rings. The molecule has 0 atom stereocenters. The first kappa shape index (κ1) is 15.4. The zero-order valence-electron chi connectivity index (χ0n) is 12.3. The van der Waals surface area contributed by atoms with Crippen LogP contribution in [-0.2, 0) is 16.4 Å². The van der Waals surface area contributed by atoms with Crippen molar-refractivity contribution in [1.29, 1.82) is 0 Å². The first-order valence-corrected chi connectivity index (χ1v) is 8.24. The molecule has 0 aliphatic heterocycles. The van der Waals surface area contributed by atoms with E-state index in [0.29, 0.717) is 30.3 Å². The average molecular weight is 309 g/mol. The molecular weight excluding hydrogens is 290 g/mol. The molecule has 0 radical (unpaired) electrons. The Kier molecular flexibility index (Phi) is 4.52. The van der Waals surface area contributed by atoms with Crippen molar-refractivity contribution in [2.45, 2.75) is 32.2 Å². The number of nitrogens with zero attached hydrogens (tertiary/aromatic N) is 1. The van der Waals surface area contributed by atoms with Crippen LogP contribution >= 0.6 is 0 Å². The van der Waals surface area contributed by atoms with Crippen molar-refractivity contribution in [2.24, 2.45) is 0 Å². The van der Waals surface area contributed by atoms with E-state index in [9.17, 15) is 8.42 Å². The zero-order valence-corrected chi connectivity index (χ0v) is 13.1. The number of benzene rings is 1. The third-order valence-electron chi connectivity index (χ3n) is 2.98. The Morgan fingerprint density at radius 2 is 2.10 bits per heavy atom. The number of aromatic nitrogens is 2. The molecule has 1 aromatic carbocycles. The van der Waals surface area contributed by atoms with Crippen molar-refractivity contribution in [1.82, 2.24) is 9.97 Å². The number of anilines is 1. The largest absolute Gasteiger partial charge is 0.494 e. The molecule has 1 heterocycles. The third kappa shape index (κ3) is 3.55. The predicted octanol–water partition coefficient (Wildman–Crippen LogP) is 2.48. The second-order valence-corrected chi connectivity index (χ2v) is 6.21. The highest BCUT2D eigenvalue weighted by Gasteiger charge is 2.18. The molecule has 1 aromatic heterocycles. The van der Waals surface area contributed by atoms with E-state index in [0.717, 1.165) is 5.56 Å². The molecule has 0 bridgehead atoms. The summed E-state index contributed by atoms with van der Waals surface area (Å²) >= 11 is 0. The summed E-state index contributed by atoms with van der Waals surface area (Å²) in [6.07, 6.45) is 1.97. The van der Waals surface area contributed by atoms with E-state index < -0.39 is 10.0 Å². The summed E-state index contributed by atoms with van der Waals surface area (Å²) in [5.74, 6) is 1.35. The standard InChI is InChI=1S/C14H19N3O3S/c1-4-13-15-9-14(16-13)21(18,19)17-12-7-6-11(20-5-2)8-10(12)3/h6-9,17H,4-5H2,1-3H3,(H,15,16). The molecule has 2 N–H and O–H groups in total. The number of sulfonamides is 1. The highest BCUT2D eigenvalue weighted by atomic mass is 32.2. The average Bonchev–Trinajstić information content (AvgIpc) is 2.92. The van der Waals surface area contributed by atoms with Crippen LogP contribution in [0.2, 0.25) is 0 Å². The van der Waals surface area contributed by atoms with Crippen molar-refractivity contribution in [3.8, 4) is 5.75 Å². The molecule has 6 nitrogen and oxygen atoms in total. The number of aromatic amines is 1. The number of imidazole rings is 1. The Balaban J connectivity index is 2.24. The number of hydrogen-bond donors (Lipinski definition) is 2. The summed E-state index contributed by atoms with van der Waals surface area (Å²) < 4.78 is 32.5. The van der Waals surface area contributed by atoms with Crippen molar-refractivity contribution >= 4 is 15.7 Å². The minimum Gasteiger partial charge on any atom is -0.494 e. The number of aryl methyl sites for hydroxylation is 2. The van der Waals surface area contributed by atoms with Crippen LogP contribution in [0.5, 0.6) is 5.75 Å². The van der Waals surface area contributed by atoms with Crippen LogP contribution in [0.4, 0.5) is 5.69 Å². The van der Waals surface area contributed by atoms with Crippen LogP contribution < -0.4 is 9.46 Å². The summed E-state index contributed by atoms with van der Waals surface area (Å²) in [5.41, 5.74) is 1.31.